The number of nitriles is 1. The number of methoxy groups -OCH3 is 1. The molecule has 0 spiro atoms. The number of rotatable bonds is 5. The highest BCUT2D eigenvalue weighted by atomic mass is 32.2. The summed E-state index contributed by atoms with van der Waals surface area (Å²) < 4.78 is 17.2. The minimum absolute atomic E-state index is 0.151. The van der Waals surface area contributed by atoms with E-state index in [0.717, 1.165) is 5.56 Å². The maximum absolute atomic E-state index is 12.1. The highest BCUT2D eigenvalue weighted by Crippen LogP contribution is 2.21. The zero-order valence-electron chi connectivity index (χ0n) is 11.3. The second-order valence-electron chi connectivity index (χ2n) is 4.62. The van der Waals surface area contributed by atoms with Gasteiger partial charge in [0.2, 0.25) is 0 Å². The van der Waals surface area contributed by atoms with Crippen LogP contribution in [-0.2, 0) is 16.6 Å². The van der Waals surface area contributed by atoms with E-state index in [4.69, 9.17) is 10.00 Å². The standard InChI is InChI=1S/C14H19NO2S/c1-10(2)11(3)18(16)9-12-5-6-14(17-4)13(7-12)8-15/h5-7,10-11H,9H2,1-4H3. The summed E-state index contributed by atoms with van der Waals surface area (Å²) >= 11 is 0. The van der Waals surface area contributed by atoms with Crippen molar-refractivity contribution in [3.63, 3.8) is 0 Å². The third-order valence-electron chi connectivity index (χ3n) is 3.05. The quantitative estimate of drug-likeness (QED) is 0.822. The molecular weight excluding hydrogens is 246 g/mol. The molecule has 4 heteroatoms. The van der Waals surface area contributed by atoms with Gasteiger partial charge in [-0.3, -0.25) is 4.21 Å². The zero-order chi connectivity index (χ0) is 13.7. The Morgan fingerprint density at radius 2 is 2.06 bits per heavy atom. The lowest BCUT2D eigenvalue weighted by molar-refractivity contribution is 0.413. The average molecular weight is 265 g/mol. The van der Waals surface area contributed by atoms with Gasteiger partial charge in [0.1, 0.15) is 11.8 Å². The lowest BCUT2D eigenvalue weighted by Gasteiger charge is -2.15. The molecule has 0 aromatic heterocycles. The van der Waals surface area contributed by atoms with Gasteiger partial charge in [-0.1, -0.05) is 26.8 Å². The Bertz CT molecular complexity index is 477. The topological polar surface area (TPSA) is 50.1 Å². The lowest BCUT2D eigenvalue weighted by Crippen LogP contribution is -2.18. The third-order valence-corrected chi connectivity index (χ3v) is 5.04. The number of nitrogens with zero attached hydrogens (tertiary/aromatic N) is 1. The fourth-order valence-electron chi connectivity index (χ4n) is 1.53. The number of hydrogen-bond acceptors (Lipinski definition) is 3. The molecule has 18 heavy (non-hydrogen) atoms. The lowest BCUT2D eigenvalue weighted by atomic mass is 10.1. The summed E-state index contributed by atoms with van der Waals surface area (Å²) in [6.45, 7) is 6.13. The molecule has 0 fully saturated rings. The predicted molar refractivity (Wildman–Crippen MR) is 73.9 cm³/mol. The van der Waals surface area contributed by atoms with Gasteiger partial charge in [0.25, 0.3) is 0 Å². The van der Waals surface area contributed by atoms with E-state index < -0.39 is 10.8 Å². The van der Waals surface area contributed by atoms with E-state index in [1.807, 2.05) is 13.0 Å². The molecule has 98 valence electrons. The van der Waals surface area contributed by atoms with Gasteiger partial charge in [0, 0.05) is 21.8 Å². The van der Waals surface area contributed by atoms with Gasteiger partial charge in [0.05, 0.1) is 12.7 Å². The van der Waals surface area contributed by atoms with Crippen LogP contribution in [0.3, 0.4) is 0 Å². The molecule has 2 atom stereocenters. The highest BCUT2D eigenvalue weighted by Gasteiger charge is 2.16. The molecule has 0 aliphatic carbocycles. The molecule has 0 bridgehead atoms. The van der Waals surface area contributed by atoms with Gasteiger partial charge >= 0.3 is 0 Å². The molecule has 2 unspecified atom stereocenters. The van der Waals surface area contributed by atoms with Gasteiger partial charge in [-0.25, -0.2) is 0 Å². The molecule has 1 aromatic carbocycles. The largest absolute Gasteiger partial charge is 0.495 e. The summed E-state index contributed by atoms with van der Waals surface area (Å²) in [5, 5.41) is 9.15. The van der Waals surface area contributed by atoms with Crippen molar-refractivity contribution < 1.29 is 8.95 Å². The molecule has 0 N–H and O–H groups in total. The van der Waals surface area contributed by atoms with Crippen LogP contribution in [0.4, 0.5) is 0 Å². The zero-order valence-corrected chi connectivity index (χ0v) is 12.1. The Balaban J connectivity index is 2.87. The second-order valence-corrected chi connectivity index (χ2v) is 6.41. The summed E-state index contributed by atoms with van der Waals surface area (Å²) in [6, 6.07) is 7.46. The summed E-state index contributed by atoms with van der Waals surface area (Å²) in [7, 11) is 0.622. The van der Waals surface area contributed by atoms with Crippen LogP contribution in [0.15, 0.2) is 18.2 Å². The molecule has 3 nitrogen and oxygen atoms in total. The number of benzene rings is 1. The van der Waals surface area contributed by atoms with Crippen LogP contribution in [0, 0.1) is 17.2 Å². The smallest absolute Gasteiger partial charge is 0.136 e. The summed E-state index contributed by atoms with van der Waals surface area (Å²) in [5.41, 5.74) is 1.40. The van der Waals surface area contributed by atoms with Gasteiger partial charge in [-0.15, -0.1) is 0 Å². The SMILES string of the molecule is COc1ccc(CS(=O)C(C)C(C)C)cc1C#N. The number of hydrogen-bond donors (Lipinski definition) is 0. The molecular formula is C14H19NO2S. The Morgan fingerprint density at radius 3 is 2.56 bits per heavy atom. The minimum atomic E-state index is -0.915. The average Bonchev–Trinajstić information content (AvgIpc) is 2.37. The highest BCUT2D eigenvalue weighted by molar-refractivity contribution is 7.84. The Morgan fingerprint density at radius 1 is 1.39 bits per heavy atom. The van der Waals surface area contributed by atoms with Crippen LogP contribution in [0.25, 0.3) is 0 Å². The van der Waals surface area contributed by atoms with Gasteiger partial charge in [-0.05, 0) is 23.6 Å². The Hall–Kier alpha value is -1.34. The Kier molecular flexibility index (Phi) is 5.36. The summed E-state index contributed by atoms with van der Waals surface area (Å²) in [6.07, 6.45) is 0. The first-order chi connectivity index (χ1) is 8.49. The van der Waals surface area contributed by atoms with Crippen molar-refractivity contribution in [1.82, 2.24) is 0 Å². The first-order valence-corrected chi connectivity index (χ1v) is 7.32. The van der Waals surface area contributed by atoms with E-state index in [2.05, 4.69) is 19.9 Å². The van der Waals surface area contributed by atoms with Crippen LogP contribution >= 0.6 is 0 Å². The Labute approximate surface area is 111 Å². The monoisotopic (exact) mass is 265 g/mol. The van der Waals surface area contributed by atoms with Crippen molar-refractivity contribution in [2.24, 2.45) is 5.92 Å². The maximum Gasteiger partial charge on any atom is 0.136 e. The van der Waals surface area contributed by atoms with E-state index in [9.17, 15) is 4.21 Å². The van der Waals surface area contributed by atoms with E-state index in [1.165, 1.54) is 7.11 Å². The minimum Gasteiger partial charge on any atom is -0.495 e. The van der Waals surface area contributed by atoms with Crippen LogP contribution in [0.5, 0.6) is 5.75 Å². The molecule has 0 saturated heterocycles. The van der Waals surface area contributed by atoms with Crippen molar-refractivity contribution >= 4 is 10.8 Å². The second kappa shape index (κ2) is 6.55. The van der Waals surface area contributed by atoms with E-state index in [0.29, 0.717) is 23.0 Å². The molecule has 0 amide bonds. The fraction of sp³-hybridized carbons (Fsp3) is 0.500. The van der Waals surface area contributed by atoms with E-state index in [-0.39, 0.29) is 5.25 Å². The summed E-state index contributed by atoms with van der Waals surface area (Å²) in [4.78, 5) is 0. The normalized spacial score (nSPS) is 14.0. The molecule has 0 aliphatic rings. The van der Waals surface area contributed by atoms with E-state index >= 15 is 0 Å². The molecule has 1 rings (SSSR count). The van der Waals surface area contributed by atoms with Crippen molar-refractivity contribution in [3.8, 4) is 11.8 Å². The maximum atomic E-state index is 12.1. The van der Waals surface area contributed by atoms with Crippen LogP contribution in [0.2, 0.25) is 0 Å². The fourth-order valence-corrected chi connectivity index (χ4v) is 2.91. The predicted octanol–water partition coefficient (Wildman–Crippen LogP) is 2.86. The molecule has 0 aliphatic heterocycles. The van der Waals surface area contributed by atoms with Crippen molar-refractivity contribution in [3.05, 3.63) is 29.3 Å². The summed E-state index contributed by atoms with van der Waals surface area (Å²) in [5.74, 6) is 1.43. The van der Waals surface area contributed by atoms with Crippen molar-refractivity contribution in [2.75, 3.05) is 7.11 Å². The third kappa shape index (κ3) is 3.58. The first-order valence-electron chi connectivity index (χ1n) is 5.93. The molecule has 0 radical (unpaired) electrons. The van der Waals surface area contributed by atoms with Crippen LogP contribution in [0.1, 0.15) is 31.9 Å². The van der Waals surface area contributed by atoms with Crippen LogP contribution < -0.4 is 4.74 Å². The molecule has 0 heterocycles. The van der Waals surface area contributed by atoms with Crippen molar-refractivity contribution in [1.29, 1.82) is 5.26 Å². The van der Waals surface area contributed by atoms with E-state index in [1.54, 1.807) is 12.1 Å². The molecule has 0 saturated carbocycles. The van der Waals surface area contributed by atoms with Gasteiger partial charge < -0.3 is 4.74 Å². The van der Waals surface area contributed by atoms with Gasteiger partial charge in [-0.2, -0.15) is 5.26 Å². The molecule has 1 aromatic rings. The van der Waals surface area contributed by atoms with Gasteiger partial charge in [0.15, 0.2) is 0 Å². The van der Waals surface area contributed by atoms with Crippen LogP contribution in [-0.4, -0.2) is 16.6 Å². The van der Waals surface area contributed by atoms with Crippen molar-refractivity contribution in [2.45, 2.75) is 31.8 Å². The first kappa shape index (κ1) is 14.7. The number of ether oxygens (including phenoxy) is 1.